The van der Waals surface area contributed by atoms with Crippen LogP contribution in [-0.2, 0) is 5.88 Å². The molecule has 0 N–H and O–H groups in total. The highest BCUT2D eigenvalue weighted by Gasteiger charge is 2.20. The first kappa shape index (κ1) is 13.8. The molecule has 0 amide bonds. The zero-order valence-electron chi connectivity index (χ0n) is 10.3. The van der Waals surface area contributed by atoms with Gasteiger partial charge >= 0.3 is 0 Å². The van der Waals surface area contributed by atoms with Crippen LogP contribution in [0.25, 0.3) is 0 Å². The Labute approximate surface area is 106 Å². The first-order valence-corrected chi connectivity index (χ1v) is 6.14. The van der Waals surface area contributed by atoms with E-state index in [1.807, 2.05) is 31.7 Å². The summed E-state index contributed by atoms with van der Waals surface area (Å²) < 4.78 is 0. The highest BCUT2D eigenvalue weighted by Crippen LogP contribution is 2.30. The standard InChI is InChI=1S/C12H17ClN2O2/c1-4-14(9(2)3)11-6-5-10(8-13)7-12(11)15(16)17/h5-7,9H,4,8H2,1-3H3. The largest absolute Gasteiger partial charge is 0.364 e. The molecule has 0 aliphatic rings. The lowest BCUT2D eigenvalue weighted by molar-refractivity contribution is -0.384. The van der Waals surface area contributed by atoms with Gasteiger partial charge in [-0.3, -0.25) is 10.1 Å². The summed E-state index contributed by atoms with van der Waals surface area (Å²) in [4.78, 5) is 12.7. The molecule has 1 aromatic carbocycles. The molecule has 4 nitrogen and oxygen atoms in total. The lowest BCUT2D eigenvalue weighted by Gasteiger charge is -2.27. The fraction of sp³-hybridized carbons (Fsp3) is 0.500. The molecule has 0 spiro atoms. The molecule has 94 valence electrons. The second kappa shape index (κ2) is 5.87. The lowest BCUT2D eigenvalue weighted by atomic mass is 10.1. The minimum Gasteiger partial charge on any atom is -0.364 e. The Balaban J connectivity index is 3.26. The van der Waals surface area contributed by atoms with Crippen LogP contribution in [0.1, 0.15) is 26.3 Å². The summed E-state index contributed by atoms with van der Waals surface area (Å²) in [5.74, 6) is 0.287. The van der Waals surface area contributed by atoms with Crippen LogP contribution < -0.4 is 4.90 Å². The number of alkyl halides is 1. The molecule has 0 saturated heterocycles. The summed E-state index contributed by atoms with van der Waals surface area (Å²) in [6.45, 7) is 6.75. The van der Waals surface area contributed by atoms with Gasteiger partial charge in [-0.05, 0) is 32.4 Å². The van der Waals surface area contributed by atoms with Crippen molar-refractivity contribution in [1.29, 1.82) is 0 Å². The lowest BCUT2D eigenvalue weighted by Crippen LogP contribution is -2.30. The topological polar surface area (TPSA) is 46.4 Å². The molecule has 0 atom stereocenters. The molecule has 1 rings (SSSR count). The summed E-state index contributed by atoms with van der Waals surface area (Å²) in [7, 11) is 0. The quantitative estimate of drug-likeness (QED) is 0.460. The van der Waals surface area contributed by atoms with Crippen LogP contribution in [0.2, 0.25) is 0 Å². The van der Waals surface area contributed by atoms with Gasteiger partial charge in [0.1, 0.15) is 5.69 Å². The Morgan fingerprint density at radius 1 is 1.47 bits per heavy atom. The predicted octanol–water partition coefficient (Wildman–Crippen LogP) is 3.57. The smallest absolute Gasteiger partial charge is 0.292 e. The first-order chi connectivity index (χ1) is 8.01. The maximum atomic E-state index is 11.1. The van der Waals surface area contributed by atoms with E-state index < -0.39 is 0 Å². The minimum absolute atomic E-state index is 0.124. The molecule has 0 bridgehead atoms. The van der Waals surface area contributed by atoms with Crippen molar-refractivity contribution >= 4 is 23.0 Å². The van der Waals surface area contributed by atoms with Crippen molar-refractivity contribution in [3.8, 4) is 0 Å². The number of hydrogen-bond donors (Lipinski definition) is 0. The third-order valence-electron chi connectivity index (χ3n) is 2.66. The Bertz CT molecular complexity index is 407. The van der Waals surface area contributed by atoms with Crippen molar-refractivity contribution in [3.05, 3.63) is 33.9 Å². The molecule has 1 aromatic rings. The monoisotopic (exact) mass is 256 g/mol. The number of halogens is 1. The van der Waals surface area contributed by atoms with Crippen LogP contribution in [0.15, 0.2) is 18.2 Å². The van der Waals surface area contributed by atoms with Crippen molar-refractivity contribution in [1.82, 2.24) is 0 Å². The summed E-state index contributed by atoms with van der Waals surface area (Å²) in [6, 6.07) is 5.38. The first-order valence-electron chi connectivity index (χ1n) is 5.61. The molecular formula is C12H17ClN2O2. The van der Waals surface area contributed by atoms with Gasteiger partial charge in [-0.2, -0.15) is 0 Å². The van der Waals surface area contributed by atoms with Gasteiger partial charge in [0.15, 0.2) is 0 Å². The molecule has 0 unspecified atom stereocenters. The van der Waals surface area contributed by atoms with Crippen molar-refractivity contribution in [3.63, 3.8) is 0 Å². The van der Waals surface area contributed by atoms with Crippen LogP contribution in [0, 0.1) is 10.1 Å². The van der Waals surface area contributed by atoms with Gasteiger partial charge in [0.2, 0.25) is 0 Å². The number of benzene rings is 1. The highest BCUT2D eigenvalue weighted by atomic mass is 35.5. The molecule has 5 heteroatoms. The number of hydrogen-bond acceptors (Lipinski definition) is 3. The molecular weight excluding hydrogens is 240 g/mol. The van der Waals surface area contributed by atoms with Gasteiger partial charge in [0, 0.05) is 24.5 Å². The number of rotatable bonds is 5. The maximum absolute atomic E-state index is 11.1. The fourth-order valence-electron chi connectivity index (χ4n) is 1.85. The fourth-order valence-corrected chi connectivity index (χ4v) is 2.02. The number of anilines is 1. The number of nitrogens with zero attached hydrogens (tertiary/aromatic N) is 2. The molecule has 17 heavy (non-hydrogen) atoms. The Kier molecular flexibility index (Phi) is 4.75. The summed E-state index contributed by atoms with van der Waals surface area (Å²) >= 11 is 5.70. The van der Waals surface area contributed by atoms with Gasteiger partial charge in [-0.1, -0.05) is 6.07 Å². The zero-order chi connectivity index (χ0) is 13.0. The molecule has 0 aromatic heterocycles. The van der Waals surface area contributed by atoms with E-state index in [0.29, 0.717) is 5.69 Å². The maximum Gasteiger partial charge on any atom is 0.292 e. The van der Waals surface area contributed by atoms with Gasteiger partial charge < -0.3 is 4.90 Å². The van der Waals surface area contributed by atoms with Crippen LogP contribution in [-0.4, -0.2) is 17.5 Å². The summed E-state index contributed by atoms with van der Waals surface area (Å²) in [5.41, 5.74) is 1.54. The highest BCUT2D eigenvalue weighted by molar-refractivity contribution is 6.17. The summed E-state index contributed by atoms with van der Waals surface area (Å²) in [6.07, 6.45) is 0. The molecule has 0 heterocycles. The Morgan fingerprint density at radius 2 is 2.12 bits per heavy atom. The minimum atomic E-state index is -0.351. The van der Waals surface area contributed by atoms with E-state index in [1.165, 1.54) is 0 Å². The molecule has 0 aliphatic heterocycles. The van der Waals surface area contributed by atoms with Crippen LogP contribution in [0.3, 0.4) is 0 Å². The van der Waals surface area contributed by atoms with Gasteiger partial charge in [-0.15, -0.1) is 11.6 Å². The Hall–Kier alpha value is -1.29. The van der Waals surface area contributed by atoms with Gasteiger partial charge in [0.05, 0.1) is 4.92 Å². The van der Waals surface area contributed by atoms with E-state index in [0.717, 1.165) is 12.1 Å². The van der Waals surface area contributed by atoms with E-state index >= 15 is 0 Å². The van der Waals surface area contributed by atoms with Crippen molar-refractivity contribution in [2.24, 2.45) is 0 Å². The SMILES string of the molecule is CCN(c1ccc(CCl)cc1[N+](=O)[O-])C(C)C. The van der Waals surface area contributed by atoms with E-state index in [1.54, 1.807) is 12.1 Å². The van der Waals surface area contributed by atoms with E-state index in [4.69, 9.17) is 11.6 Å². The zero-order valence-corrected chi connectivity index (χ0v) is 11.1. The van der Waals surface area contributed by atoms with E-state index in [-0.39, 0.29) is 22.5 Å². The van der Waals surface area contributed by atoms with E-state index in [9.17, 15) is 10.1 Å². The van der Waals surface area contributed by atoms with Gasteiger partial charge in [0.25, 0.3) is 5.69 Å². The van der Waals surface area contributed by atoms with E-state index in [2.05, 4.69) is 0 Å². The normalized spacial score (nSPS) is 10.6. The van der Waals surface area contributed by atoms with Crippen molar-refractivity contribution in [2.75, 3.05) is 11.4 Å². The second-order valence-electron chi connectivity index (χ2n) is 4.09. The van der Waals surface area contributed by atoms with Crippen LogP contribution in [0.5, 0.6) is 0 Å². The average molecular weight is 257 g/mol. The summed E-state index contributed by atoms with van der Waals surface area (Å²) in [5, 5.41) is 11.1. The predicted molar refractivity (Wildman–Crippen MR) is 70.8 cm³/mol. The number of nitro benzene ring substituents is 1. The third-order valence-corrected chi connectivity index (χ3v) is 2.97. The Morgan fingerprint density at radius 3 is 2.53 bits per heavy atom. The van der Waals surface area contributed by atoms with Gasteiger partial charge in [-0.25, -0.2) is 0 Å². The third kappa shape index (κ3) is 3.09. The van der Waals surface area contributed by atoms with Crippen molar-refractivity contribution < 1.29 is 4.92 Å². The molecule has 0 fully saturated rings. The van der Waals surface area contributed by atoms with Crippen LogP contribution in [0.4, 0.5) is 11.4 Å². The molecule has 0 saturated carbocycles. The second-order valence-corrected chi connectivity index (χ2v) is 4.36. The van der Waals surface area contributed by atoms with Crippen LogP contribution >= 0.6 is 11.6 Å². The molecule has 0 radical (unpaired) electrons. The number of nitro groups is 1. The average Bonchev–Trinajstić information content (AvgIpc) is 2.29. The van der Waals surface area contributed by atoms with Crippen molar-refractivity contribution in [2.45, 2.75) is 32.7 Å². The molecule has 0 aliphatic carbocycles.